The lowest BCUT2D eigenvalue weighted by Crippen LogP contribution is -2.32. The van der Waals surface area contributed by atoms with E-state index < -0.39 is 0 Å². The molecule has 0 radical (unpaired) electrons. The van der Waals surface area contributed by atoms with E-state index >= 15 is 0 Å². The van der Waals surface area contributed by atoms with Crippen LogP contribution < -0.4 is 15.0 Å². The zero-order valence-electron chi connectivity index (χ0n) is 15.1. The maximum Gasteiger partial charge on any atom is 0.246 e. The highest BCUT2D eigenvalue weighted by Gasteiger charge is 2.10. The SMILES string of the molecule is CN(C(=O)CNc1ccc(OCc2ccc(Cl)cc2)cc1)c1ccccc1. The maximum absolute atomic E-state index is 12.3. The van der Waals surface area contributed by atoms with E-state index in [1.165, 1.54) is 0 Å². The molecule has 0 atom stereocenters. The van der Waals surface area contributed by atoms with Crippen molar-refractivity contribution in [3.63, 3.8) is 0 Å². The first-order chi connectivity index (χ1) is 13.1. The number of hydrogen-bond acceptors (Lipinski definition) is 3. The quantitative estimate of drug-likeness (QED) is 0.627. The number of nitrogens with one attached hydrogen (secondary N) is 1. The van der Waals surface area contributed by atoms with Crippen LogP contribution in [0.15, 0.2) is 78.9 Å². The molecule has 0 unspecified atom stereocenters. The summed E-state index contributed by atoms with van der Waals surface area (Å²) in [5.74, 6) is 0.757. The fourth-order valence-electron chi connectivity index (χ4n) is 2.51. The van der Waals surface area contributed by atoms with Crippen molar-refractivity contribution in [1.29, 1.82) is 0 Å². The summed E-state index contributed by atoms with van der Waals surface area (Å²) in [5, 5.41) is 3.85. The van der Waals surface area contributed by atoms with E-state index in [0.717, 1.165) is 22.7 Å². The minimum Gasteiger partial charge on any atom is -0.489 e. The second-order valence-electron chi connectivity index (χ2n) is 6.08. The van der Waals surface area contributed by atoms with Gasteiger partial charge in [-0.2, -0.15) is 0 Å². The molecule has 0 aliphatic heterocycles. The van der Waals surface area contributed by atoms with Crippen LogP contribution in [0.3, 0.4) is 0 Å². The number of halogens is 1. The molecule has 4 nitrogen and oxygen atoms in total. The Labute approximate surface area is 164 Å². The predicted octanol–water partition coefficient (Wildman–Crippen LogP) is 4.99. The lowest BCUT2D eigenvalue weighted by molar-refractivity contribution is -0.116. The average molecular weight is 381 g/mol. The molecule has 0 saturated heterocycles. The molecular weight excluding hydrogens is 360 g/mol. The Balaban J connectivity index is 1.48. The highest BCUT2D eigenvalue weighted by atomic mass is 35.5. The number of para-hydroxylation sites is 1. The molecule has 0 aromatic heterocycles. The van der Waals surface area contributed by atoms with Crippen molar-refractivity contribution in [1.82, 2.24) is 0 Å². The highest BCUT2D eigenvalue weighted by molar-refractivity contribution is 6.30. The minimum atomic E-state index is -0.00994. The van der Waals surface area contributed by atoms with E-state index in [0.29, 0.717) is 11.6 Å². The number of ether oxygens (including phenoxy) is 1. The Hall–Kier alpha value is -2.98. The third kappa shape index (κ3) is 5.50. The topological polar surface area (TPSA) is 41.6 Å². The Morgan fingerprint density at radius 1 is 0.963 bits per heavy atom. The first kappa shape index (κ1) is 18.8. The van der Waals surface area contributed by atoms with Gasteiger partial charge in [-0.25, -0.2) is 0 Å². The molecule has 1 amide bonds. The largest absolute Gasteiger partial charge is 0.489 e. The van der Waals surface area contributed by atoms with E-state index in [2.05, 4.69) is 5.32 Å². The lowest BCUT2D eigenvalue weighted by atomic mass is 10.2. The van der Waals surface area contributed by atoms with E-state index in [1.807, 2.05) is 78.9 Å². The molecule has 0 fully saturated rings. The van der Waals surface area contributed by atoms with Gasteiger partial charge in [0.2, 0.25) is 5.91 Å². The normalized spacial score (nSPS) is 10.3. The number of benzene rings is 3. The Kier molecular flexibility index (Phi) is 6.34. The molecule has 0 aliphatic rings. The molecule has 3 aromatic carbocycles. The molecule has 0 saturated carbocycles. The maximum atomic E-state index is 12.3. The number of nitrogens with zero attached hydrogens (tertiary/aromatic N) is 1. The first-order valence-corrected chi connectivity index (χ1v) is 9.02. The van der Waals surface area contributed by atoms with Crippen LogP contribution >= 0.6 is 11.6 Å². The van der Waals surface area contributed by atoms with Gasteiger partial charge in [-0.05, 0) is 54.1 Å². The van der Waals surface area contributed by atoms with Gasteiger partial charge in [0.25, 0.3) is 0 Å². The van der Waals surface area contributed by atoms with Crippen LogP contribution in [0.2, 0.25) is 5.02 Å². The third-order valence-electron chi connectivity index (χ3n) is 4.13. The van der Waals surface area contributed by atoms with Crippen molar-refractivity contribution in [2.75, 3.05) is 23.8 Å². The van der Waals surface area contributed by atoms with Gasteiger partial charge in [0.05, 0.1) is 6.54 Å². The van der Waals surface area contributed by atoms with Crippen molar-refractivity contribution in [2.24, 2.45) is 0 Å². The zero-order chi connectivity index (χ0) is 19.1. The number of carbonyl (C=O) groups excluding carboxylic acids is 1. The van der Waals surface area contributed by atoms with E-state index in [-0.39, 0.29) is 12.5 Å². The highest BCUT2D eigenvalue weighted by Crippen LogP contribution is 2.18. The molecule has 5 heteroatoms. The Morgan fingerprint density at radius 3 is 2.30 bits per heavy atom. The van der Waals surface area contributed by atoms with Crippen molar-refractivity contribution < 1.29 is 9.53 Å². The van der Waals surface area contributed by atoms with Gasteiger partial charge in [-0.15, -0.1) is 0 Å². The van der Waals surface area contributed by atoms with Crippen LogP contribution in [0.5, 0.6) is 5.75 Å². The predicted molar refractivity (Wildman–Crippen MR) is 111 cm³/mol. The van der Waals surface area contributed by atoms with Gasteiger partial charge in [0.15, 0.2) is 0 Å². The van der Waals surface area contributed by atoms with Gasteiger partial charge in [0, 0.05) is 23.4 Å². The smallest absolute Gasteiger partial charge is 0.246 e. The van der Waals surface area contributed by atoms with Crippen molar-refractivity contribution >= 4 is 28.9 Å². The summed E-state index contributed by atoms with van der Waals surface area (Å²) in [6.45, 7) is 0.695. The summed E-state index contributed by atoms with van der Waals surface area (Å²) in [5.41, 5.74) is 2.79. The number of carbonyl (C=O) groups is 1. The van der Waals surface area contributed by atoms with Crippen LogP contribution in [0.4, 0.5) is 11.4 Å². The van der Waals surface area contributed by atoms with Crippen molar-refractivity contribution in [2.45, 2.75) is 6.61 Å². The second-order valence-corrected chi connectivity index (χ2v) is 6.52. The summed E-state index contributed by atoms with van der Waals surface area (Å²) < 4.78 is 5.76. The summed E-state index contributed by atoms with van der Waals surface area (Å²) >= 11 is 5.88. The zero-order valence-corrected chi connectivity index (χ0v) is 15.8. The summed E-state index contributed by atoms with van der Waals surface area (Å²) in [7, 11) is 1.77. The fraction of sp³-hybridized carbons (Fsp3) is 0.136. The Morgan fingerprint density at radius 2 is 1.63 bits per heavy atom. The van der Waals surface area contributed by atoms with Crippen molar-refractivity contribution in [3.05, 3.63) is 89.4 Å². The second kappa shape index (κ2) is 9.10. The summed E-state index contributed by atoms with van der Waals surface area (Å²) in [6.07, 6.45) is 0. The standard InChI is InChI=1S/C22H21ClN2O2/c1-25(20-5-3-2-4-6-20)22(26)15-24-19-11-13-21(14-12-19)27-16-17-7-9-18(23)10-8-17/h2-14,24H,15-16H2,1H3. The van der Waals surface area contributed by atoms with Crippen LogP contribution in [-0.4, -0.2) is 19.5 Å². The number of amides is 1. The van der Waals surface area contributed by atoms with Crippen LogP contribution in [0.25, 0.3) is 0 Å². The molecular formula is C22H21ClN2O2. The molecule has 0 bridgehead atoms. The van der Waals surface area contributed by atoms with Gasteiger partial charge in [-0.3, -0.25) is 4.79 Å². The van der Waals surface area contributed by atoms with Gasteiger partial charge in [-0.1, -0.05) is 41.9 Å². The molecule has 3 rings (SSSR count). The number of likely N-dealkylation sites (N-methyl/N-ethyl adjacent to an activating group) is 1. The van der Waals surface area contributed by atoms with Crippen LogP contribution in [0.1, 0.15) is 5.56 Å². The summed E-state index contributed by atoms with van der Waals surface area (Å²) in [4.78, 5) is 13.9. The van der Waals surface area contributed by atoms with E-state index in [9.17, 15) is 4.79 Å². The monoisotopic (exact) mass is 380 g/mol. The van der Waals surface area contributed by atoms with Crippen LogP contribution in [-0.2, 0) is 11.4 Å². The van der Waals surface area contributed by atoms with Gasteiger partial charge in [0.1, 0.15) is 12.4 Å². The first-order valence-electron chi connectivity index (χ1n) is 8.64. The number of rotatable bonds is 7. The molecule has 0 spiro atoms. The Bertz CT molecular complexity index is 865. The number of anilines is 2. The molecule has 3 aromatic rings. The van der Waals surface area contributed by atoms with E-state index in [1.54, 1.807) is 11.9 Å². The van der Waals surface area contributed by atoms with Crippen molar-refractivity contribution in [3.8, 4) is 5.75 Å². The average Bonchev–Trinajstić information content (AvgIpc) is 2.72. The van der Waals surface area contributed by atoms with Gasteiger partial charge < -0.3 is 15.0 Å². The third-order valence-corrected chi connectivity index (χ3v) is 4.39. The molecule has 138 valence electrons. The van der Waals surface area contributed by atoms with E-state index in [4.69, 9.17) is 16.3 Å². The number of hydrogen-bond donors (Lipinski definition) is 1. The van der Waals surface area contributed by atoms with Crippen LogP contribution in [0, 0.1) is 0 Å². The lowest BCUT2D eigenvalue weighted by Gasteiger charge is -2.18. The molecule has 1 N–H and O–H groups in total. The molecule has 0 aliphatic carbocycles. The summed E-state index contributed by atoms with van der Waals surface area (Å²) in [6, 6.07) is 24.7. The minimum absolute atomic E-state index is 0.00994. The molecule has 0 heterocycles. The van der Waals surface area contributed by atoms with Gasteiger partial charge >= 0.3 is 0 Å². The fourth-order valence-corrected chi connectivity index (χ4v) is 2.63. The molecule has 27 heavy (non-hydrogen) atoms.